The zero-order valence-electron chi connectivity index (χ0n) is 19.5. The van der Waals surface area contributed by atoms with Gasteiger partial charge in [-0.15, -0.1) is 0 Å². The number of alkyl carbamates (subject to hydrolysis) is 1. The summed E-state index contributed by atoms with van der Waals surface area (Å²) < 4.78 is 7.44. The molecule has 1 N–H and O–H groups in total. The van der Waals surface area contributed by atoms with E-state index in [1.807, 2.05) is 49.6 Å². The van der Waals surface area contributed by atoms with Gasteiger partial charge in [-0.1, -0.05) is 66.2 Å². The van der Waals surface area contributed by atoms with E-state index in [1.54, 1.807) is 6.20 Å². The number of fused-ring (bicyclic) bond motifs is 1. The lowest BCUT2D eigenvalue weighted by atomic mass is 9.71. The van der Waals surface area contributed by atoms with Crippen LogP contribution < -0.4 is 5.32 Å². The van der Waals surface area contributed by atoms with E-state index >= 15 is 0 Å². The van der Waals surface area contributed by atoms with Gasteiger partial charge in [-0.3, -0.25) is 4.40 Å². The second kappa shape index (κ2) is 8.44. The number of hydrogen-bond acceptors (Lipinski definition) is 4. The van der Waals surface area contributed by atoms with Gasteiger partial charge in [-0.25, -0.2) is 14.8 Å². The number of amides is 1. The summed E-state index contributed by atoms with van der Waals surface area (Å²) in [5.74, 6) is 0.587. The smallest absolute Gasteiger partial charge is 0.408 e. The highest BCUT2D eigenvalue weighted by Crippen LogP contribution is 2.42. The largest absolute Gasteiger partial charge is 0.444 e. The molecule has 1 aliphatic rings. The maximum Gasteiger partial charge on any atom is 0.408 e. The van der Waals surface area contributed by atoms with Crippen molar-refractivity contribution in [1.82, 2.24) is 19.7 Å². The first-order valence-corrected chi connectivity index (χ1v) is 11.8. The van der Waals surface area contributed by atoms with E-state index in [4.69, 9.17) is 21.3 Å². The molecule has 0 saturated heterocycles. The summed E-state index contributed by atoms with van der Waals surface area (Å²) in [6.07, 6.45) is 5.90. The molecule has 0 bridgehead atoms. The Morgan fingerprint density at radius 3 is 2.38 bits per heavy atom. The SMILES string of the molecule is CC(C)(C)OC(=O)NC1(c2ccc(-c3nc4ncc(Cl)cn4c3-c3ccccc3)cc2)CCC1. The van der Waals surface area contributed by atoms with E-state index < -0.39 is 11.1 Å². The number of hydrogen-bond donors (Lipinski definition) is 1. The monoisotopic (exact) mass is 474 g/mol. The van der Waals surface area contributed by atoms with Gasteiger partial charge in [0.25, 0.3) is 0 Å². The molecule has 5 rings (SSSR count). The number of nitrogens with one attached hydrogen (secondary N) is 1. The summed E-state index contributed by atoms with van der Waals surface area (Å²) >= 11 is 6.25. The van der Waals surface area contributed by atoms with Crippen molar-refractivity contribution >= 4 is 23.5 Å². The third-order valence-corrected chi connectivity index (χ3v) is 6.35. The summed E-state index contributed by atoms with van der Waals surface area (Å²) in [7, 11) is 0. The van der Waals surface area contributed by atoms with Gasteiger partial charge in [0.1, 0.15) is 5.60 Å². The molecule has 2 heterocycles. The van der Waals surface area contributed by atoms with Gasteiger partial charge in [0, 0.05) is 17.3 Å². The highest BCUT2D eigenvalue weighted by Gasteiger charge is 2.41. The standard InChI is InChI=1S/C27H27ClN4O2/c1-26(2,3)34-25(33)31-27(14-7-15-27)20-12-10-18(11-13-20)22-23(19-8-5-4-6-9-19)32-17-21(28)16-29-24(32)30-22/h4-6,8-13,16-17H,7,14-15H2,1-3H3,(H,31,33). The molecule has 2 aromatic heterocycles. The molecule has 0 radical (unpaired) electrons. The lowest BCUT2D eigenvalue weighted by Crippen LogP contribution is -2.52. The zero-order chi connectivity index (χ0) is 23.9. The molecule has 0 aliphatic heterocycles. The zero-order valence-corrected chi connectivity index (χ0v) is 20.3. The average molecular weight is 475 g/mol. The normalized spacial score (nSPS) is 15.1. The first-order valence-electron chi connectivity index (χ1n) is 11.5. The number of imidazole rings is 1. The van der Waals surface area contributed by atoms with Crippen LogP contribution in [0.4, 0.5) is 4.79 Å². The molecule has 1 fully saturated rings. The Bertz CT molecular complexity index is 1340. The highest BCUT2D eigenvalue weighted by atomic mass is 35.5. The van der Waals surface area contributed by atoms with Crippen molar-refractivity contribution in [1.29, 1.82) is 0 Å². The molecule has 1 aliphatic carbocycles. The van der Waals surface area contributed by atoms with E-state index in [2.05, 4.69) is 46.7 Å². The Hall–Kier alpha value is -3.38. The molecule has 0 unspecified atom stereocenters. The summed E-state index contributed by atoms with van der Waals surface area (Å²) in [4.78, 5) is 21.7. The van der Waals surface area contributed by atoms with Crippen molar-refractivity contribution in [2.24, 2.45) is 0 Å². The van der Waals surface area contributed by atoms with Crippen LogP contribution in [-0.4, -0.2) is 26.1 Å². The van der Waals surface area contributed by atoms with Crippen molar-refractivity contribution in [3.63, 3.8) is 0 Å². The Morgan fingerprint density at radius 2 is 1.76 bits per heavy atom. The fourth-order valence-corrected chi connectivity index (χ4v) is 4.59. The minimum Gasteiger partial charge on any atom is -0.444 e. The van der Waals surface area contributed by atoms with Crippen LogP contribution in [0.25, 0.3) is 28.3 Å². The van der Waals surface area contributed by atoms with Gasteiger partial charge in [0.05, 0.1) is 28.1 Å². The molecule has 1 saturated carbocycles. The Kier molecular flexibility index (Phi) is 5.56. The summed E-state index contributed by atoms with van der Waals surface area (Å²) in [6, 6.07) is 18.4. The van der Waals surface area contributed by atoms with Crippen molar-refractivity contribution in [2.75, 3.05) is 0 Å². The molecular weight excluding hydrogens is 448 g/mol. The second-order valence-electron chi connectivity index (χ2n) is 9.76. The predicted octanol–water partition coefficient (Wildman–Crippen LogP) is 6.62. The Morgan fingerprint density at radius 1 is 1.06 bits per heavy atom. The molecule has 2 aromatic carbocycles. The van der Waals surface area contributed by atoms with Crippen LogP contribution in [0.3, 0.4) is 0 Å². The van der Waals surface area contributed by atoms with Gasteiger partial charge < -0.3 is 10.1 Å². The van der Waals surface area contributed by atoms with E-state index in [1.165, 1.54) is 0 Å². The van der Waals surface area contributed by atoms with E-state index in [9.17, 15) is 4.79 Å². The van der Waals surface area contributed by atoms with Crippen LogP contribution in [0, 0.1) is 0 Å². The lowest BCUT2D eigenvalue weighted by molar-refractivity contribution is 0.0377. The fraction of sp³-hybridized carbons (Fsp3) is 0.296. The van der Waals surface area contributed by atoms with Crippen LogP contribution in [0.1, 0.15) is 45.6 Å². The summed E-state index contributed by atoms with van der Waals surface area (Å²) in [5.41, 5.74) is 3.90. The van der Waals surface area contributed by atoms with Crippen LogP contribution in [-0.2, 0) is 10.3 Å². The first-order chi connectivity index (χ1) is 16.2. The molecule has 6 nitrogen and oxygen atoms in total. The van der Waals surface area contributed by atoms with Crippen LogP contribution >= 0.6 is 11.6 Å². The number of ether oxygens (including phenoxy) is 1. The summed E-state index contributed by atoms with van der Waals surface area (Å²) in [5, 5.41) is 3.67. The van der Waals surface area contributed by atoms with Crippen molar-refractivity contribution in [2.45, 2.75) is 51.2 Å². The molecule has 1 amide bonds. The lowest BCUT2D eigenvalue weighted by Gasteiger charge is -2.43. The van der Waals surface area contributed by atoms with Crippen LogP contribution in [0.2, 0.25) is 5.02 Å². The van der Waals surface area contributed by atoms with Crippen molar-refractivity contribution in [3.8, 4) is 22.5 Å². The topological polar surface area (TPSA) is 68.5 Å². The van der Waals surface area contributed by atoms with Crippen LogP contribution in [0.15, 0.2) is 67.0 Å². The average Bonchev–Trinajstić information content (AvgIpc) is 3.14. The molecule has 34 heavy (non-hydrogen) atoms. The fourth-order valence-electron chi connectivity index (χ4n) is 4.45. The quantitative estimate of drug-likeness (QED) is 0.361. The number of halogens is 1. The Balaban J connectivity index is 1.52. The molecule has 4 aromatic rings. The van der Waals surface area contributed by atoms with Crippen molar-refractivity contribution in [3.05, 3.63) is 77.6 Å². The molecule has 0 atom stereocenters. The maximum atomic E-state index is 12.5. The van der Waals surface area contributed by atoms with Gasteiger partial charge >= 0.3 is 6.09 Å². The highest BCUT2D eigenvalue weighted by molar-refractivity contribution is 6.30. The van der Waals surface area contributed by atoms with Crippen LogP contribution in [0.5, 0.6) is 0 Å². The molecule has 0 spiro atoms. The number of rotatable bonds is 4. The minimum atomic E-state index is -0.535. The van der Waals surface area contributed by atoms with E-state index in [0.29, 0.717) is 10.8 Å². The van der Waals surface area contributed by atoms with Gasteiger partial charge in [-0.2, -0.15) is 0 Å². The third kappa shape index (κ3) is 4.26. The number of carbonyl (C=O) groups excluding carboxylic acids is 1. The number of nitrogens with zero attached hydrogens (tertiary/aromatic N) is 3. The van der Waals surface area contributed by atoms with Gasteiger partial charge in [-0.05, 0) is 45.6 Å². The first kappa shape index (κ1) is 22.4. The Labute approximate surface area is 204 Å². The third-order valence-electron chi connectivity index (χ3n) is 6.15. The number of aromatic nitrogens is 3. The second-order valence-corrected chi connectivity index (χ2v) is 10.2. The number of benzene rings is 2. The molecule has 7 heteroatoms. The molecule has 174 valence electrons. The maximum absolute atomic E-state index is 12.5. The molecular formula is C27H27ClN4O2. The predicted molar refractivity (Wildman–Crippen MR) is 134 cm³/mol. The van der Waals surface area contributed by atoms with Gasteiger partial charge in [0.2, 0.25) is 5.78 Å². The number of carbonyl (C=O) groups is 1. The summed E-state index contributed by atoms with van der Waals surface area (Å²) in [6.45, 7) is 5.61. The van der Waals surface area contributed by atoms with Crippen molar-refractivity contribution < 1.29 is 9.53 Å². The minimum absolute atomic E-state index is 0.383. The van der Waals surface area contributed by atoms with E-state index in [-0.39, 0.29) is 6.09 Å². The van der Waals surface area contributed by atoms with E-state index in [0.717, 1.165) is 47.3 Å². The van der Waals surface area contributed by atoms with Gasteiger partial charge in [0.15, 0.2) is 0 Å².